The summed E-state index contributed by atoms with van der Waals surface area (Å²) in [6.45, 7) is 6.45. The molecule has 0 heterocycles. The summed E-state index contributed by atoms with van der Waals surface area (Å²) in [4.78, 5) is 0. The van der Waals surface area contributed by atoms with Gasteiger partial charge in [-0.1, -0.05) is 83.8 Å². The van der Waals surface area contributed by atoms with Gasteiger partial charge in [0.05, 0.1) is 0 Å². The number of ether oxygens (including phenoxy) is 2. The fraction of sp³-hybridized carbons (Fsp3) is 0.917. The molecule has 0 aliphatic heterocycles. The van der Waals surface area contributed by atoms with E-state index in [-0.39, 0.29) is 12.9 Å². The van der Waals surface area contributed by atoms with Crippen LogP contribution in [0.2, 0.25) is 0 Å². The third-order valence-corrected chi connectivity index (χ3v) is 4.88. The Morgan fingerprint density at radius 1 is 0.630 bits per heavy atom. The van der Waals surface area contributed by atoms with Crippen LogP contribution in [-0.2, 0) is 9.47 Å². The van der Waals surface area contributed by atoms with E-state index >= 15 is 0 Å². The van der Waals surface area contributed by atoms with E-state index in [4.69, 9.17) is 14.6 Å². The van der Waals surface area contributed by atoms with Crippen molar-refractivity contribution in [3.05, 3.63) is 12.2 Å². The molecule has 0 aliphatic carbocycles. The Labute approximate surface area is 169 Å². The lowest BCUT2D eigenvalue weighted by atomic mass is 10.1. The summed E-state index contributed by atoms with van der Waals surface area (Å²) in [7, 11) is 0. The summed E-state index contributed by atoms with van der Waals surface area (Å²) in [5.41, 5.74) is 0. The Bertz CT molecular complexity index is 277. The standard InChI is InChI=1S/C24H48O3/c1-3-5-7-18-22-26-24(27-23-19-8-6-4-2)20-16-14-12-10-9-11-13-15-17-21-25/h13,15,24-25H,3-12,14,16-23H2,1-2H3/b15-13-. The maximum absolute atomic E-state index is 8.72. The van der Waals surface area contributed by atoms with Gasteiger partial charge in [-0.3, -0.25) is 0 Å². The van der Waals surface area contributed by atoms with Crippen molar-refractivity contribution in [1.82, 2.24) is 0 Å². The molecule has 0 atom stereocenters. The Hall–Kier alpha value is -0.380. The average molecular weight is 385 g/mol. The van der Waals surface area contributed by atoms with Gasteiger partial charge >= 0.3 is 0 Å². The Kier molecular flexibility index (Phi) is 23.3. The second-order valence-corrected chi connectivity index (χ2v) is 7.62. The van der Waals surface area contributed by atoms with Gasteiger partial charge < -0.3 is 14.6 Å². The predicted molar refractivity (Wildman–Crippen MR) is 117 cm³/mol. The molecule has 0 aromatic rings. The lowest BCUT2D eigenvalue weighted by Gasteiger charge is -2.19. The van der Waals surface area contributed by atoms with Crippen LogP contribution in [-0.4, -0.2) is 31.2 Å². The van der Waals surface area contributed by atoms with E-state index in [9.17, 15) is 0 Å². The van der Waals surface area contributed by atoms with Crippen LogP contribution >= 0.6 is 0 Å². The zero-order valence-corrected chi connectivity index (χ0v) is 18.4. The van der Waals surface area contributed by atoms with Gasteiger partial charge in [0.25, 0.3) is 0 Å². The summed E-state index contributed by atoms with van der Waals surface area (Å²) in [5.74, 6) is 0. The molecule has 0 aromatic heterocycles. The summed E-state index contributed by atoms with van der Waals surface area (Å²) in [6, 6.07) is 0. The third-order valence-electron chi connectivity index (χ3n) is 4.88. The first-order valence-electron chi connectivity index (χ1n) is 11.8. The number of unbranched alkanes of at least 4 members (excludes halogenated alkanes) is 11. The second-order valence-electron chi connectivity index (χ2n) is 7.62. The van der Waals surface area contributed by atoms with Gasteiger partial charge in [0.15, 0.2) is 6.29 Å². The van der Waals surface area contributed by atoms with Gasteiger partial charge in [0.2, 0.25) is 0 Å². The van der Waals surface area contributed by atoms with E-state index in [0.29, 0.717) is 0 Å². The van der Waals surface area contributed by atoms with Crippen LogP contribution in [0.15, 0.2) is 12.2 Å². The van der Waals surface area contributed by atoms with Gasteiger partial charge in [0, 0.05) is 19.8 Å². The van der Waals surface area contributed by atoms with Crippen molar-refractivity contribution in [1.29, 1.82) is 0 Å². The Balaban J connectivity index is 3.73. The minimum Gasteiger partial charge on any atom is -0.396 e. The van der Waals surface area contributed by atoms with Crippen LogP contribution in [0.25, 0.3) is 0 Å². The van der Waals surface area contributed by atoms with E-state index in [1.807, 2.05) is 0 Å². The highest BCUT2D eigenvalue weighted by molar-refractivity contribution is 4.80. The van der Waals surface area contributed by atoms with Gasteiger partial charge in [-0.25, -0.2) is 0 Å². The van der Waals surface area contributed by atoms with Crippen molar-refractivity contribution in [3.8, 4) is 0 Å². The van der Waals surface area contributed by atoms with Crippen molar-refractivity contribution >= 4 is 0 Å². The van der Waals surface area contributed by atoms with Gasteiger partial charge in [0.1, 0.15) is 0 Å². The molecule has 1 N–H and O–H groups in total. The maximum Gasteiger partial charge on any atom is 0.157 e. The molecule has 27 heavy (non-hydrogen) atoms. The lowest BCUT2D eigenvalue weighted by molar-refractivity contribution is -0.148. The molecule has 0 amide bonds. The molecule has 0 spiro atoms. The lowest BCUT2D eigenvalue weighted by Crippen LogP contribution is -2.19. The highest BCUT2D eigenvalue weighted by Crippen LogP contribution is 2.13. The first-order valence-corrected chi connectivity index (χ1v) is 11.8. The molecule has 0 aromatic carbocycles. The highest BCUT2D eigenvalue weighted by Gasteiger charge is 2.09. The number of rotatable bonds is 22. The molecule has 0 saturated heterocycles. The predicted octanol–water partition coefficient (Wildman–Crippen LogP) is 7.18. The first-order chi connectivity index (χ1) is 13.3. The molecule has 0 unspecified atom stereocenters. The molecule has 0 bridgehead atoms. The monoisotopic (exact) mass is 384 g/mol. The van der Waals surface area contributed by atoms with E-state index < -0.39 is 0 Å². The van der Waals surface area contributed by atoms with Crippen LogP contribution in [0.1, 0.15) is 117 Å². The zero-order valence-electron chi connectivity index (χ0n) is 18.4. The summed E-state index contributed by atoms with van der Waals surface area (Å²) in [5, 5.41) is 8.72. The second kappa shape index (κ2) is 23.7. The molecule has 162 valence electrons. The maximum atomic E-state index is 8.72. The van der Waals surface area contributed by atoms with Crippen LogP contribution < -0.4 is 0 Å². The molecule has 3 heteroatoms. The number of hydrogen-bond acceptors (Lipinski definition) is 3. The number of hydrogen-bond donors (Lipinski definition) is 1. The molecule has 0 rings (SSSR count). The van der Waals surface area contributed by atoms with Gasteiger partial charge in [-0.05, 0) is 44.9 Å². The zero-order chi connectivity index (χ0) is 19.8. The minimum atomic E-state index is 0.00895. The topological polar surface area (TPSA) is 38.7 Å². The summed E-state index contributed by atoms with van der Waals surface area (Å²) >= 11 is 0. The fourth-order valence-electron chi connectivity index (χ4n) is 3.12. The molecular formula is C24H48O3. The molecule has 3 nitrogen and oxygen atoms in total. The number of allylic oxidation sites excluding steroid dienone is 1. The molecule has 0 aliphatic rings. The Morgan fingerprint density at radius 2 is 1.15 bits per heavy atom. The van der Waals surface area contributed by atoms with Crippen LogP contribution in [0.3, 0.4) is 0 Å². The fourth-order valence-corrected chi connectivity index (χ4v) is 3.12. The summed E-state index contributed by atoms with van der Waals surface area (Å²) < 4.78 is 12.1. The van der Waals surface area contributed by atoms with Gasteiger partial charge in [-0.15, -0.1) is 0 Å². The number of aliphatic hydroxyl groups is 1. The van der Waals surface area contributed by atoms with E-state index in [0.717, 1.165) is 45.3 Å². The molecular weight excluding hydrogens is 336 g/mol. The summed E-state index contributed by atoms with van der Waals surface area (Å²) in [6.07, 6.45) is 23.6. The van der Waals surface area contributed by atoms with Crippen molar-refractivity contribution in [2.24, 2.45) is 0 Å². The van der Waals surface area contributed by atoms with Crippen molar-refractivity contribution in [3.63, 3.8) is 0 Å². The van der Waals surface area contributed by atoms with Crippen LogP contribution in [0.5, 0.6) is 0 Å². The SMILES string of the molecule is CCCCCCOC(CCCCCCC/C=C\CCO)OCCCCCC. The Morgan fingerprint density at radius 3 is 1.74 bits per heavy atom. The minimum absolute atomic E-state index is 0.00895. The smallest absolute Gasteiger partial charge is 0.157 e. The van der Waals surface area contributed by atoms with Crippen LogP contribution in [0.4, 0.5) is 0 Å². The quantitative estimate of drug-likeness (QED) is 0.122. The van der Waals surface area contributed by atoms with Crippen molar-refractivity contribution < 1.29 is 14.6 Å². The van der Waals surface area contributed by atoms with Crippen molar-refractivity contribution in [2.45, 2.75) is 123 Å². The molecule has 0 saturated carbocycles. The number of aliphatic hydroxyl groups excluding tert-OH is 1. The van der Waals surface area contributed by atoms with E-state index in [2.05, 4.69) is 26.0 Å². The van der Waals surface area contributed by atoms with Crippen molar-refractivity contribution in [2.75, 3.05) is 19.8 Å². The van der Waals surface area contributed by atoms with E-state index in [1.165, 1.54) is 70.6 Å². The normalized spacial score (nSPS) is 11.9. The first kappa shape index (κ1) is 26.6. The van der Waals surface area contributed by atoms with Gasteiger partial charge in [-0.2, -0.15) is 0 Å². The van der Waals surface area contributed by atoms with E-state index in [1.54, 1.807) is 0 Å². The highest BCUT2D eigenvalue weighted by atomic mass is 16.7. The molecule has 0 fully saturated rings. The third kappa shape index (κ3) is 21.8. The molecule has 0 radical (unpaired) electrons. The largest absolute Gasteiger partial charge is 0.396 e. The average Bonchev–Trinajstić information content (AvgIpc) is 2.68. The van der Waals surface area contributed by atoms with Crippen LogP contribution in [0, 0.1) is 0 Å².